The van der Waals surface area contributed by atoms with Crippen molar-refractivity contribution in [1.82, 2.24) is 19.3 Å². The van der Waals surface area contributed by atoms with Crippen molar-refractivity contribution in [2.45, 2.75) is 56.2 Å². The highest BCUT2D eigenvalue weighted by atomic mass is 32.2. The molecule has 4 aromatic rings. The number of benzene rings is 1. The van der Waals surface area contributed by atoms with Crippen LogP contribution in [-0.2, 0) is 22.4 Å². The molecule has 1 aromatic carbocycles. The molecule has 7 nitrogen and oxygen atoms in total. The molecule has 4 heterocycles. The van der Waals surface area contributed by atoms with Gasteiger partial charge < -0.3 is 4.42 Å². The summed E-state index contributed by atoms with van der Waals surface area (Å²) in [7, 11) is -4.11. The van der Waals surface area contributed by atoms with Crippen molar-refractivity contribution >= 4 is 21.0 Å². The number of aromatic nitrogens is 3. The molecule has 0 aliphatic carbocycles. The number of alkyl halides is 2. The largest absolute Gasteiger partial charge is 0.443 e. The van der Waals surface area contributed by atoms with E-state index < -0.39 is 39.4 Å². The van der Waals surface area contributed by atoms with Crippen molar-refractivity contribution < 1.29 is 30.4 Å². The Bertz CT molecular complexity index is 1570. The average molecular weight is 535 g/mol. The van der Waals surface area contributed by atoms with Gasteiger partial charge in [-0.3, -0.25) is 4.98 Å². The summed E-state index contributed by atoms with van der Waals surface area (Å²) >= 11 is 0. The molecule has 5 rings (SSSR count). The van der Waals surface area contributed by atoms with Crippen molar-refractivity contribution in [2.24, 2.45) is 0 Å². The van der Waals surface area contributed by atoms with E-state index in [1.54, 1.807) is 6.92 Å². The summed E-state index contributed by atoms with van der Waals surface area (Å²) in [6.45, 7) is 2.44. The van der Waals surface area contributed by atoms with E-state index in [1.165, 1.54) is 47.0 Å². The molecule has 0 amide bonds. The molecule has 0 radical (unpaired) electrons. The van der Waals surface area contributed by atoms with Crippen LogP contribution in [0.2, 0.25) is 0 Å². The van der Waals surface area contributed by atoms with Crippen molar-refractivity contribution in [2.75, 3.05) is 0 Å². The van der Waals surface area contributed by atoms with Crippen LogP contribution in [0.15, 0.2) is 58.4 Å². The predicted octanol–water partition coefficient (Wildman–Crippen LogP) is 5.46. The molecule has 1 aliphatic rings. The minimum absolute atomic E-state index is 0.0474. The minimum atomic E-state index is -4.11. The van der Waals surface area contributed by atoms with Crippen molar-refractivity contribution in [3.63, 3.8) is 0 Å². The maximum absolute atomic E-state index is 14.8. The van der Waals surface area contributed by atoms with Gasteiger partial charge in [-0.15, -0.1) is 0 Å². The summed E-state index contributed by atoms with van der Waals surface area (Å²) in [6.07, 6.45) is 4.45. The molecule has 1 aliphatic heterocycles. The van der Waals surface area contributed by atoms with E-state index >= 15 is 0 Å². The molecule has 0 saturated carbocycles. The van der Waals surface area contributed by atoms with E-state index in [0.717, 1.165) is 6.20 Å². The number of hydrogen-bond acceptors (Lipinski definition) is 6. The Balaban J connectivity index is 1.44. The maximum atomic E-state index is 14.8. The molecule has 37 heavy (non-hydrogen) atoms. The first-order valence-electron chi connectivity index (χ1n) is 11.5. The zero-order valence-corrected chi connectivity index (χ0v) is 20.6. The molecule has 3 aromatic heterocycles. The summed E-state index contributed by atoms with van der Waals surface area (Å²) in [4.78, 5) is 11.4. The molecule has 1 fully saturated rings. The van der Waals surface area contributed by atoms with Crippen LogP contribution in [-0.4, -0.2) is 39.8 Å². The van der Waals surface area contributed by atoms with Crippen molar-refractivity contribution in [3.05, 3.63) is 71.9 Å². The van der Waals surface area contributed by atoms with Crippen LogP contribution in [0.25, 0.3) is 22.2 Å². The van der Waals surface area contributed by atoms with Gasteiger partial charge in [-0.1, -0.05) is 0 Å². The molecule has 0 bridgehead atoms. The van der Waals surface area contributed by atoms with Gasteiger partial charge in [0.05, 0.1) is 11.9 Å². The summed E-state index contributed by atoms with van der Waals surface area (Å²) in [5.41, 5.74) is 1.03. The molecule has 1 unspecified atom stereocenters. The van der Waals surface area contributed by atoms with E-state index in [0.29, 0.717) is 30.7 Å². The van der Waals surface area contributed by atoms with Gasteiger partial charge in [0.1, 0.15) is 17.2 Å². The van der Waals surface area contributed by atoms with Gasteiger partial charge in [0.15, 0.2) is 5.82 Å². The number of nitrogens with zero attached hydrogens (tertiary/aromatic N) is 4. The summed E-state index contributed by atoms with van der Waals surface area (Å²) in [6, 6.07) is 5.50. The lowest BCUT2D eigenvalue weighted by Gasteiger charge is -2.26. The van der Waals surface area contributed by atoms with E-state index in [4.69, 9.17) is 4.42 Å². The monoisotopic (exact) mass is 534 g/mol. The van der Waals surface area contributed by atoms with Crippen LogP contribution in [0.1, 0.15) is 38.1 Å². The summed E-state index contributed by atoms with van der Waals surface area (Å²) < 4.78 is 89.1. The topological polar surface area (TPSA) is 89.2 Å². The second-order valence-electron chi connectivity index (χ2n) is 9.21. The molecule has 194 valence electrons. The van der Waals surface area contributed by atoms with E-state index in [1.807, 2.05) is 0 Å². The smallest absolute Gasteiger partial charge is 0.303 e. The fourth-order valence-electron chi connectivity index (χ4n) is 4.63. The molecule has 12 heteroatoms. The summed E-state index contributed by atoms with van der Waals surface area (Å²) in [5, 5.41) is 0.00794. The summed E-state index contributed by atoms with van der Waals surface area (Å²) in [5.74, 6) is -5.00. The first kappa shape index (κ1) is 25.3. The zero-order valence-electron chi connectivity index (χ0n) is 19.8. The van der Waals surface area contributed by atoms with Gasteiger partial charge >= 0.3 is 5.92 Å². The van der Waals surface area contributed by atoms with Gasteiger partial charge in [-0.25, -0.2) is 27.2 Å². The van der Waals surface area contributed by atoms with Gasteiger partial charge in [0.2, 0.25) is 5.09 Å². The van der Waals surface area contributed by atoms with Crippen LogP contribution in [0.3, 0.4) is 0 Å². The average Bonchev–Trinajstić information content (AvgIpc) is 3.43. The number of pyridine rings is 1. The van der Waals surface area contributed by atoms with Gasteiger partial charge in [-0.05, 0) is 56.0 Å². The zero-order chi connectivity index (χ0) is 26.5. The molecular weight excluding hydrogens is 512 g/mol. The second-order valence-corrected chi connectivity index (χ2v) is 11.0. The Hall–Kier alpha value is -3.38. The number of furan rings is 1. The number of hydrogen-bond donors (Lipinski definition) is 0. The first-order valence-corrected chi connectivity index (χ1v) is 13.0. The second kappa shape index (κ2) is 9.18. The van der Waals surface area contributed by atoms with E-state index in [9.17, 15) is 26.0 Å². The fourth-order valence-corrected chi connectivity index (χ4v) is 6.46. The Kier molecular flexibility index (Phi) is 6.27. The minimum Gasteiger partial charge on any atom is -0.443 e. The lowest BCUT2D eigenvalue weighted by molar-refractivity contribution is 0.00770. The normalized spacial score (nSPS) is 19.1. The lowest BCUT2D eigenvalue weighted by Crippen LogP contribution is -2.40. The Morgan fingerprint density at radius 1 is 1.05 bits per heavy atom. The first-order chi connectivity index (χ1) is 17.4. The molecule has 2 atom stereocenters. The third-order valence-electron chi connectivity index (χ3n) is 6.43. The molecular formula is C25H22F4N4O3S. The standard InChI is InChI=1S/C25H22F4N4O3S/c1-14-3-5-19(33(14)37(34,35)23-10-16-7-18(26)4-6-22(16)36-23)8-15-9-21(30-13-20(15)27)17-11-31-24(32-12-17)25(2,28)29/h4,6-7,9-14,19H,3,5,8H2,1-2H3/t14-,19?/m0/s1. The van der Waals surface area contributed by atoms with E-state index in [2.05, 4.69) is 15.0 Å². The SMILES string of the molecule is C[C@H]1CCC(Cc2cc(-c3cnc(C(C)(F)F)nc3)ncc2F)N1S(=O)(=O)c1cc2cc(F)ccc2o1. The Morgan fingerprint density at radius 3 is 2.49 bits per heavy atom. The van der Waals surface area contributed by atoms with Crippen LogP contribution in [0.5, 0.6) is 0 Å². The van der Waals surface area contributed by atoms with Crippen molar-refractivity contribution in [3.8, 4) is 11.3 Å². The van der Waals surface area contributed by atoms with Crippen LogP contribution >= 0.6 is 0 Å². The van der Waals surface area contributed by atoms with Gasteiger partial charge in [0, 0.05) is 48.4 Å². The Labute approximate surface area is 210 Å². The van der Waals surface area contributed by atoms with E-state index in [-0.39, 0.29) is 34.4 Å². The number of halogens is 4. The Morgan fingerprint density at radius 2 is 1.78 bits per heavy atom. The van der Waals surface area contributed by atoms with Crippen molar-refractivity contribution in [1.29, 1.82) is 0 Å². The van der Waals surface area contributed by atoms with Gasteiger partial charge in [0.25, 0.3) is 10.0 Å². The fraction of sp³-hybridized carbons (Fsp3) is 0.320. The quantitative estimate of drug-likeness (QED) is 0.305. The maximum Gasteiger partial charge on any atom is 0.303 e. The molecule has 0 N–H and O–H groups in total. The number of fused-ring (bicyclic) bond motifs is 1. The van der Waals surface area contributed by atoms with Crippen LogP contribution in [0.4, 0.5) is 17.6 Å². The highest BCUT2D eigenvalue weighted by molar-refractivity contribution is 7.89. The lowest BCUT2D eigenvalue weighted by atomic mass is 10.0. The third kappa shape index (κ3) is 4.82. The molecule has 1 saturated heterocycles. The number of sulfonamides is 1. The molecule has 0 spiro atoms. The predicted molar refractivity (Wildman–Crippen MR) is 126 cm³/mol. The van der Waals surface area contributed by atoms with Crippen LogP contribution < -0.4 is 0 Å². The number of rotatable bonds is 6. The van der Waals surface area contributed by atoms with Gasteiger partial charge in [-0.2, -0.15) is 13.1 Å². The highest BCUT2D eigenvalue weighted by Gasteiger charge is 2.42. The highest BCUT2D eigenvalue weighted by Crippen LogP contribution is 2.35. The van der Waals surface area contributed by atoms with Crippen LogP contribution in [0, 0.1) is 11.6 Å². The third-order valence-corrected chi connectivity index (χ3v) is 8.35.